The fourth-order valence-electron chi connectivity index (χ4n) is 1.57. The van der Waals surface area contributed by atoms with E-state index in [1.54, 1.807) is 6.20 Å². The summed E-state index contributed by atoms with van der Waals surface area (Å²) in [4.78, 5) is 4.28. The lowest BCUT2D eigenvalue weighted by Crippen LogP contribution is -1.91. The van der Waals surface area contributed by atoms with Gasteiger partial charge in [-0.3, -0.25) is 0 Å². The average Bonchev–Trinajstić information content (AvgIpc) is 2.45. The Balaban J connectivity index is 2.74. The highest BCUT2D eigenvalue weighted by atomic mass is 15.2. The number of aryl methyl sites for hydroxylation is 1. The van der Waals surface area contributed by atoms with E-state index in [-0.39, 0.29) is 0 Å². The van der Waals surface area contributed by atoms with Gasteiger partial charge in [0.15, 0.2) is 5.65 Å². The molecule has 0 N–H and O–H groups in total. The van der Waals surface area contributed by atoms with Gasteiger partial charge in [-0.05, 0) is 18.9 Å². The van der Waals surface area contributed by atoms with Crippen molar-refractivity contribution in [3.05, 3.63) is 29.7 Å². The zero-order valence-corrected chi connectivity index (χ0v) is 8.15. The molecule has 0 saturated carbocycles. The van der Waals surface area contributed by atoms with Crippen LogP contribution in [0.15, 0.2) is 18.5 Å². The van der Waals surface area contributed by atoms with Crippen molar-refractivity contribution in [2.24, 2.45) is 0 Å². The molecule has 3 heteroatoms. The second-order valence-electron chi connectivity index (χ2n) is 3.55. The topological polar surface area (TPSA) is 30.2 Å². The first-order chi connectivity index (χ1) is 6.20. The van der Waals surface area contributed by atoms with Gasteiger partial charge in [-0.2, -0.15) is 5.10 Å². The van der Waals surface area contributed by atoms with Gasteiger partial charge >= 0.3 is 0 Å². The first-order valence-electron chi connectivity index (χ1n) is 4.50. The van der Waals surface area contributed by atoms with Crippen LogP contribution in [0.25, 0.3) is 5.65 Å². The zero-order chi connectivity index (χ0) is 9.42. The minimum atomic E-state index is 0.460. The molecule has 0 aliphatic carbocycles. The SMILES string of the molecule is Cc1c(C(C)C)nn2cccnc12. The number of rotatable bonds is 1. The van der Waals surface area contributed by atoms with Crippen LogP contribution >= 0.6 is 0 Å². The average molecular weight is 175 g/mol. The van der Waals surface area contributed by atoms with Gasteiger partial charge in [-0.15, -0.1) is 0 Å². The van der Waals surface area contributed by atoms with Crippen LogP contribution in [0, 0.1) is 6.92 Å². The molecule has 2 aromatic rings. The molecule has 0 aliphatic rings. The smallest absolute Gasteiger partial charge is 0.158 e. The molecule has 0 aliphatic heterocycles. The number of fused-ring (bicyclic) bond motifs is 1. The monoisotopic (exact) mass is 175 g/mol. The van der Waals surface area contributed by atoms with Crippen LogP contribution in [0.1, 0.15) is 31.0 Å². The van der Waals surface area contributed by atoms with E-state index in [2.05, 4.69) is 30.9 Å². The number of hydrogen-bond donors (Lipinski definition) is 0. The van der Waals surface area contributed by atoms with Crippen molar-refractivity contribution in [1.82, 2.24) is 14.6 Å². The Hall–Kier alpha value is -1.38. The van der Waals surface area contributed by atoms with Crippen molar-refractivity contribution in [3.8, 4) is 0 Å². The van der Waals surface area contributed by atoms with E-state index in [0.717, 1.165) is 11.3 Å². The van der Waals surface area contributed by atoms with E-state index in [1.807, 2.05) is 16.8 Å². The lowest BCUT2D eigenvalue weighted by Gasteiger charge is -1.98. The highest BCUT2D eigenvalue weighted by Crippen LogP contribution is 2.19. The van der Waals surface area contributed by atoms with Crippen LogP contribution in [0.2, 0.25) is 0 Å². The molecule has 0 unspecified atom stereocenters. The molecule has 2 rings (SSSR count). The Morgan fingerprint density at radius 3 is 2.77 bits per heavy atom. The fraction of sp³-hybridized carbons (Fsp3) is 0.400. The van der Waals surface area contributed by atoms with Crippen LogP contribution in [0.3, 0.4) is 0 Å². The van der Waals surface area contributed by atoms with Crippen LogP contribution < -0.4 is 0 Å². The summed E-state index contributed by atoms with van der Waals surface area (Å²) in [6, 6.07) is 1.89. The second kappa shape index (κ2) is 2.83. The molecule has 0 saturated heterocycles. The van der Waals surface area contributed by atoms with Crippen LogP contribution in [0.5, 0.6) is 0 Å². The summed E-state index contributed by atoms with van der Waals surface area (Å²) in [6.45, 7) is 6.37. The fourth-order valence-corrected chi connectivity index (χ4v) is 1.57. The molecule has 2 aromatic heterocycles. The predicted octanol–water partition coefficient (Wildman–Crippen LogP) is 2.16. The van der Waals surface area contributed by atoms with Crippen LogP contribution in [-0.2, 0) is 0 Å². The van der Waals surface area contributed by atoms with Gasteiger partial charge in [0.05, 0.1) is 5.69 Å². The Bertz CT molecular complexity index is 429. The maximum atomic E-state index is 4.47. The van der Waals surface area contributed by atoms with Crippen molar-refractivity contribution >= 4 is 5.65 Å². The molecular formula is C10H13N3. The lowest BCUT2D eigenvalue weighted by molar-refractivity contribution is 0.782. The lowest BCUT2D eigenvalue weighted by atomic mass is 10.1. The number of nitrogens with zero attached hydrogens (tertiary/aromatic N) is 3. The van der Waals surface area contributed by atoms with E-state index < -0.39 is 0 Å². The molecule has 13 heavy (non-hydrogen) atoms. The minimum absolute atomic E-state index is 0.460. The summed E-state index contributed by atoms with van der Waals surface area (Å²) in [7, 11) is 0. The highest BCUT2D eigenvalue weighted by Gasteiger charge is 2.11. The Morgan fingerprint density at radius 1 is 1.38 bits per heavy atom. The molecule has 0 amide bonds. The largest absolute Gasteiger partial charge is 0.237 e. The molecular weight excluding hydrogens is 162 g/mol. The normalized spacial score (nSPS) is 11.4. The quantitative estimate of drug-likeness (QED) is 0.664. The van der Waals surface area contributed by atoms with Gasteiger partial charge in [0.25, 0.3) is 0 Å². The van der Waals surface area contributed by atoms with Crippen molar-refractivity contribution in [3.63, 3.8) is 0 Å². The van der Waals surface area contributed by atoms with Gasteiger partial charge < -0.3 is 0 Å². The molecule has 0 spiro atoms. The van der Waals surface area contributed by atoms with Gasteiger partial charge in [0, 0.05) is 18.0 Å². The molecule has 0 aromatic carbocycles. The van der Waals surface area contributed by atoms with Crippen molar-refractivity contribution < 1.29 is 0 Å². The summed E-state index contributed by atoms with van der Waals surface area (Å²) in [6.07, 6.45) is 3.73. The highest BCUT2D eigenvalue weighted by molar-refractivity contribution is 5.49. The third-order valence-electron chi connectivity index (χ3n) is 2.21. The first kappa shape index (κ1) is 8.23. The van der Waals surface area contributed by atoms with Crippen molar-refractivity contribution in [2.75, 3.05) is 0 Å². The summed E-state index contributed by atoms with van der Waals surface area (Å²) in [5.74, 6) is 0.460. The van der Waals surface area contributed by atoms with E-state index >= 15 is 0 Å². The zero-order valence-electron chi connectivity index (χ0n) is 8.15. The number of hydrogen-bond acceptors (Lipinski definition) is 2. The molecule has 0 radical (unpaired) electrons. The maximum absolute atomic E-state index is 4.47. The third kappa shape index (κ3) is 1.20. The van der Waals surface area contributed by atoms with Gasteiger partial charge in [-0.25, -0.2) is 9.50 Å². The summed E-state index contributed by atoms with van der Waals surface area (Å²) >= 11 is 0. The standard InChI is InChI=1S/C10H13N3/c1-7(2)9-8(3)10-11-5-4-6-13(10)12-9/h4-7H,1-3H3. The summed E-state index contributed by atoms with van der Waals surface area (Å²) in [5.41, 5.74) is 3.29. The van der Waals surface area contributed by atoms with E-state index in [9.17, 15) is 0 Å². The van der Waals surface area contributed by atoms with Crippen LogP contribution in [0.4, 0.5) is 0 Å². The first-order valence-corrected chi connectivity index (χ1v) is 4.50. The molecule has 3 nitrogen and oxygen atoms in total. The minimum Gasteiger partial charge on any atom is -0.237 e. The van der Waals surface area contributed by atoms with Gasteiger partial charge in [-0.1, -0.05) is 13.8 Å². The Labute approximate surface area is 77.4 Å². The van der Waals surface area contributed by atoms with E-state index in [0.29, 0.717) is 5.92 Å². The van der Waals surface area contributed by atoms with E-state index in [1.165, 1.54) is 5.56 Å². The molecule has 0 fully saturated rings. The number of aromatic nitrogens is 3. The maximum Gasteiger partial charge on any atom is 0.158 e. The Morgan fingerprint density at radius 2 is 2.15 bits per heavy atom. The molecule has 0 atom stereocenters. The summed E-state index contributed by atoms with van der Waals surface area (Å²) in [5, 5.41) is 4.47. The molecule has 2 heterocycles. The van der Waals surface area contributed by atoms with Crippen LogP contribution in [-0.4, -0.2) is 14.6 Å². The van der Waals surface area contributed by atoms with Crippen molar-refractivity contribution in [1.29, 1.82) is 0 Å². The van der Waals surface area contributed by atoms with Gasteiger partial charge in [0.2, 0.25) is 0 Å². The third-order valence-corrected chi connectivity index (χ3v) is 2.21. The predicted molar refractivity (Wildman–Crippen MR) is 51.8 cm³/mol. The summed E-state index contributed by atoms with van der Waals surface area (Å²) < 4.78 is 1.84. The van der Waals surface area contributed by atoms with E-state index in [4.69, 9.17) is 0 Å². The molecule has 68 valence electrons. The Kier molecular flexibility index (Phi) is 1.79. The molecule has 0 bridgehead atoms. The van der Waals surface area contributed by atoms with Gasteiger partial charge in [0.1, 0.15) is 0 Å². The van der Waals surface area contributed by atoms with Crippen molar-refractivity contribution in [2.45, 2.75) is 26.7 Å². The second-order valence-corrected chi connectivity index (χ2v) is 3.55.